The number of ether oxygens (including phenoxy) is 2. The molecule has 3 aromatic rings. The van der Waals surface area contributed by atoms with Crippen molar-refractivity contribution in [1.29, 1.82) is 0 Å². The van der Waals surface area contributed by atoms with Gasteiger partial charge in [0.1, 0.15) is 5.65 Å². The second kappa shape index (κ2) is 7.04. The van der Waals surface area contributed by atoms with Crippen molar-refractivity contribution < 1.29 is 27.8 Å². The number of aldehydes is 1. The summed E-state index contributed by atoms with van der Waals surface area (Å²) in [5.74, 6) is -2.18. The minimum Gasteiger partial charge on any atom is -0.494 e. The van der Waals surface area contributed by atoms with Crippen LogP contribution in [0.1, 0.15) is 21.6 Å². The van der Waals surface area contributed by atoms with Crippen molar-refractivity contribution in [3.05, 3.63) is 46.8 Å². The van der Waals surface area contributed by atoms with E-state index in [0.29, 0.717) is 34.3 Å². The van der Waals surface area contributed by atoms with Crippen molar-refractivity contribution in [2.45, 2.75) is 13.1 Å². The standard InChI is InChI=1S/C19H16F2N4O4/c1-28-13-4-14(29-2)16(21)12(15(13)20)7-25-6-9-5-22-18-11(3-10(8-26)23-18)17(9)24-19(25)27/h3-5,8H,6-7H2,1-2H3,(H,22,23)(H,24,27). The predicted molar refractivity (Wildman–Crippen MR) is 99.2 cm³/mol. The van der Waals surface area contributed by atoms with Crippen LogP contribution in [0.15, 0.2) is 18.3 Å². The molecule has 0 radical (unpaired) electrons. The summed E-state index contributed by atoms with van der Waals surface area (Å²) in [5.41, 5.74) is 1.58. The molecule has 0 unspecified atom stereocenters. The minimum absolute atomic E-state index is 0.0735. The molecular weight excluding hydrogens is 386 g/mol. The molecule has 8 nitrogen and oxygen atoms in total. The number of amides is 2. The number of H-pyrrole nitrogens is 1. The number of methoxy groups -OCH3 is 2. The molecule has 0 bridgehead atoms. The number of halogens is 2. The molecule has 0 atom stereocenters. The Labute approximate surface area is 163 Å². The SMILES string of the molecule is COc1cc(OC)c(F)c(CN2Cc3cnc4[nH]c(C=O)cc4c3NC2=O)c1F. The molecule has 3 heterocycles. The number of carbonyl (C=O) groups excluding carboxylic acids is 2. The van der Waals surface area contributed by atoms with Crippen molar-refractivity contribution in [2.24, 2.45) is 0 Å². The van der Waals surface area contributed by atoms with E-state index in [1.54, 1.807) is 6.07 Å². The molecule has 0 spiro atoms. The third kappa shape index (κ3) is 3.02. The topological polar surface area (TPSA) is 96.6 Å². The van der Waals surface area contributed by atoms with Crippen LogP contribution in [0.4, 0.5) is 19.3 Å². The number of urea groups is 1. The fraction of sp³-hybridized carbons (Fsp3) is 0.211. The lowest BCUT2D eigenvalue weighted by molar-refractivity contribution is 0.111. The summed E-state index contributed by atoms with van der Waals surface area (Å²) >= 11 is 0. The number of fused-ring (bicyclic) bond motifs is 3. The average Bonchev–Trinajstić information content (AvgIpc) is 3.15. The number of aromatic amines is 1. The first-order valence-electron chi connectivity index (χ1n) is 8.57. The number of nitrogens with one attached hydrogen (secondary N) is 2. The molecule has 2 aromatic heterocycles. The Kier molecular flexibility index (Phi) is 4.53. The Morgan fingerprint density at radius 3 is 2.52 bits per heavy atom. The van der Waals surface area contributed by atoms with Gasteiger partial charge in [-0.05, 0) is 6.07 Å². The van der Waals surface area contributed by atoms with Gasteiger partial charge in [0.05, 0.1) is 44.3 Å². The average molecular weight is 402 g/mol. The van der Waals surface area contributed by atoms with Crippen LogP contribution in [0.2, 0.25) is 0 Å². The highest BCUT2D eigenvalue weighted by molar-refractivity contribution is 6.04. The Morgan fingerprint density at radius 1 is 1.21 bits per heavy atom. The Hall–Kier alpha value is -3.69. The molecule has 2 N–H and O–H groups in total. The Bertz CT molecular complexity index is 1120. The number of hydrogen-bond donors (Lipinski definition) is 2. The molecule has 10 heteroatoms. The van der Waals surface area contributed by atoms with Gasteiger partial charge in [0.15, 0.2) is 29.4 Å². The van der Waals surface area contributed by atoms with E-state index < -0.39 is 17.7 Å². The first-order chi connectivity index (χ1) is 14.0. The second-order valence-corrected chi connectivity index (χ2v) is 6.44. The van der Waals surface area contributed by atoms with Gasteiger partial charge in [-0.2, -0.15) is 0 Å². The molecule has 0 aliphatic carbocycles. The monoisotopic (exact) mass is 402 g/mol. The molecule has 0 saturated carbocycles. The normalized spacial score (nSPS) is 13.2. The zero-order chi connectivity index (χ0) is 20.7. The molecular formula is C19H16F2N4O4. The lowest BCUT2D eigenvalue weighted by atomic mass is 10.1. The number of aromatic nitrogens is 2. The largest absolute Gasteiger partial charge is 0.494 e. The molecule has 1 aliphatic rings. The summed E-state index contributed by atoms with van der Waals surface area (Å²) in [6, 6.07) is 2.15. The fourth-order valence-corrected chi connectivity index (χ4v) is 3.32. The Morgan fingerprint density at radius 2 is 1.90 bits per heavy atom. The van der Waals surface area contributed by atoms with Crippen LogP contribution < -0.4 is 14.8 Å². The van der Waals surface area contributed by atoms with Crippen LogP contribution in [0.3, 0.4) is 0 Å². The minimum atomic E-state index is -0.903. The molecule has 0 saturated heterocycles. The molecule has 2 amide bonds. The van der Waals surface area contributed by atoms with Crippen LogP contribution in [0.5, 0.6) is 11.5 Å². The van der Waals surface area contributed by atoms with Crippen molar-refractivity contribution >= 4 is 29.0 Å². The van der Waals surface area contributed by atoms with Crippen molar-refractivity contribution in [2.75, 3.05) is 19.5 Å². The summed E-state index contributed by atoms with van der Waals surface area (Å²) < 4.78 is 39.2. The van der Waals surface area contributed by atoms with Gasteiger partial charge in [0.2, 0.25) is 0 Å². The number of anilines is 1. The maximum atomic E-state index is 14.6. The number of hydrogen-bond acceptors (Lipinski definition) is 5. The van der Waals surface area contributed by atoms with Gasteiger partial charge in [-0.25, -0.2) is 18.6 Å². The van der Waals surface area contributed by atoms with Gasteiger partial charge in [-0.15, -0.1) is 0 Å². The van der Waals surface area contributed by atoms with Crippen molar-refractivity contribution in [3.63, 3.8) is 0 Å². The quantitative estimate of drug-likeness (QED) is 0.639. The van der Waals surface area contributed by atoms with E-state index in [4.69, 9.17) is 9.47 Å². The van der Waals surface area contributed by atoms with E-state index in [1.165, 1.54) is 25.3 Å². The maximum absolute atomic E-state index is 14.6. The molecule has 1 aliphatic heterocycles. The lowest BCUT2D eigenvalue weighted by Gasteiger charge is -2.30. The smallest absolute Gasteiger partial charge is 0.322 e. The van der Waals surface area contributed by atoms with E-state index in [0.717, 1.165) is 6.07 Å². The summed E-state index contributed by atoms with van der Waals surface area (Å²) in [4.78, 5) is 31.9. The van der Waals surface area contributed by atoms with E-state index in [1.807, 2.05) is 0 Å². The fourth-order valence-electron chi connectivity index (χ4n) is 3.32. The van der Waals surface area contributed by atoms with Crippen LogP contribution in [0.25, 0.3) is 11.0 Å². The lowest BCUT2D eigenvalue weighted by Crippen LogP contribution is -2.38. The van der Waals surface area contributed by atoms with Gasteiger partial charge in [0.25, 0.3) is 0 Å². The first kappa shape index (κ1) is 18.7. The third-order valence-corrected chi connectivity index (χ3v) is 4.78. The molecule has 0 fully saturated rings. The summed E-state index contributed by atoms with van der Waals surface area (Å²) in [6.07, 6.45) is 2.18. The highest BCUT2D eigenvalue weighted by Gasteiger charge is 2.29. The summed E-state index contributed by atoms with van der Waals surface area (Å²) in [6.45, 7) is -0.272. The van der Waals surface area contributed by atoms with Crippen LogP contribution in [-0.4, -0.2) is 41.4 Å². The first-order valence-corrected chi connectivity index (χ1v) is 8.57. The van der Waals surface area contributed by atoms with Gasteiger partial charge >= 0.3 is 6.03 Å². The van der Waals surface area contributed by atoms with Crippen LogP contribution in [-0.2, 0) is 13.1 Å². The van der Waals surface area contributed by atoms with Gasteiger partial charge in [-0.1, -0.05) is 0 Å². The number of pyridine rings is 1. The molecule has 4 rings (SSSR count). The molecule has 1 aromatic carbocycles. The van der Waals surface area contributed by atoms with Crippen LogP contribution in [0, 0.1) is 11.6 Å². The molecule has 29 heavy (non-hydrogen) atoms. The number of nitrogens with zero attached hydrogens (tertiary/aromatic N) is 2. The highest BCUT2D eigenvalue weighted by atomic mass is 19.1. The number of rotatable bonds is 5. The van der Waals surface area contributed by atoms with E-state index in [-0.39, 0.29) is 30.2 Å². The number of carbonyl (C=O) groups is 2. The van der Waals surface area contributed by atoms with Gasteiger partial charge < -0.3 is 24.7 Å². The summed E-state index contributed by atoms with van der Waals surface area (Å²) in [7, 11) is 2.51. The van der Waals surface area contributed by atoms with Crippen molar-refractivity contribution in [1.82, 2.24) is 14.9 Å². The van der Waals surface area contributed by atoms with Crippen LogP contribution >= 0.6 is 0 Å². The van der Waals surface area contributed by atoms with Gasteiger partial charge in [-0.3, -0.25) is 4.79 Å². The molecule has 150 valence electrons. The van der Waals surface area contributed by atoms with E-state index in [9.17, 15) is 18.4 Å². The summed E-state index contributed by atoms with van der Waals surface area (Å²) in [5, 5.41) is 3.29. The highest BCUT2D eigenvalue weighted by Crippen LogP contribution is 2.35. The number of benzene rings is 1. The van der Waals surface area contributed by atoms with E-state index >= 15 is 0 Å². The van der Waals surface area contributed by atoms with Gasteiger partial charge in [0, 0.05) is 23.2 Å². The van der Waals surface area contributed by atoms with E-state index in [2.05, 4.69) is 15.3 Å². The third-order valence-electron chi connectivity index (χ3n) is 4.78. The Balaban J connectivity index is 1.71. The zero-order valence-electron chi connectivity index (χ0n) is 15.5. The zero-order valence-corrected chi connectivity index (χ0v) is 15.5. The predicted octanol–water partition coefficient (Wildman–Crippen LogP) is 3.22. The van der Waals surface area contributed by atoms with Crippen molar-refractivity contribution in [3.8, 4) is 11.5 Å². The maximum Gasteiger partial charge on any atom is 0.322 e. The second-order valence-electron chi connectivity index (χ2n) is 6.44.